The summed E-state index contributed by atoms with van der Waals surface area (Å²) in [5, 5.41) is 8.92. The van der Waals surface area contributed by atoms with Gasteiger partial charge in [0, 0.05) is 40.8 Å². The third-order valence-corrected chi connectivity index (χ3v) is 3.76. The molecule has 0 saturated heterocycles. The van der Waals surface area contributed by atoms with E-state index in [9.17, 15) is 4.79 Å². The molecule has 5 heteroatoms. The maximum absolute atomic E-state index is 11.8. The number of aromatic hydroxyl groups is 1. The van der Waals surface area contributed by atoms with E-state index in [0.717, 1.165) is 12.1 Å². The number of esters is 1. The molecular weight excluding hydrogens is 498 g/mol. The van der Waals surface area contributed by atoms with Gasteiger partial charge < -0.3 is 21.7 Å². The zero-order valence-electron chi connectivity index (χ0n) is 17.6. The van der Waals surface area contributed by atoms with Crippen LogP contribution in [0.2, 0.25) is 0 Å². The molecule has 0 spiro atoms. The van der Waals surface area contributed by atoms with Gasteiger partial charge in [0.2, 0.25) is 0 Å². The minimum Gasteiger partial charge on any atom is -0.508 e. The van der Waals surface area contributed by atoms with Crippen LogP contribution in [0.1, 0.15) is 48.0 Å². The van der Waals surface area contributed by atoms with Crippen LogP contribution in [-0.4, -0.2) is 31.8 Å². The number of hydrogen-bond acceptors (Lipinski definition) is 4. The number of anilines is 1. The van der Waals surface area contributed by atoms with Gasteiger partial charge in [0.15, 0.2) is 0 Å². The van der Waals surface area contributed by atoms with Gasteiger partial charge in [-0.1, -0.05) is 41.5 Å². The van der Waals surface area contributed by atoms with E-state index in [0.29, 0.717) is 5.75 Å². The van der Waals surface area contributed by atoms with E-state index in [1.165, 1.54) is 0 Å². The molecule has 0 bridgehead atoms. The Morgan fingerprint density at radius 3 is 1.88 bits per heavy atom. The van der Waals surface area contributed by atoms with Crippen molar-refractivity contribution in [1.29, 1.82) is 0 Å². The number of nitrogens with zero attached hydrogens (tertiary/aromatic N) is 1. The van der Waals surface area contributed by atoms with Crippen LogP contribution in [0.25, 0.3) is 0 Å². The topological polar surface area (TPSA) is 49.8 Å². The second kappa shape index (κ2) is 11.6. The SMILES string of the molecule is CN(C)c1ccc(O)cc1.[CH2-]COC(=O)C(CC(C)(C)C)C(C)(C)C.[W]. The van der Waals surface area contributed by atoms with Gasteiger partial charge in [-0.15, -0.1) is 0 Å². The van der Waals surface area contributed by atoms with E-state index in [4.69, 9.17) is 9.84 Å². The molecule has 0 saturated carbocycles. The van der Waals surface area contributed by atoms with Gasteiger partial charge in [0.1, 0.15) is 5.75 Å². The molecule has 1 atom stereocenters. The number of phenols is 1. The minimum atomic E-state index is -0.118. The van der Waals surface area contributed by atoms with Crippen LogP contribution >= 0.6 is 0 Å². The van der Waals surface area contributed by atoms with Crippen LogP contribution in [0.4, 0.5) is 5.69 Å². The van der Waals surface area contributed by atoms with Crippen molar-refractivity contribution in [3.05, 3.63) is 31.2 Å². The standard InChI is InChI=1S/C13H25O2.C8H11NO.W/c1-8-15-11(14)10(13(5,6)7)9-12(2,3)4;1-9(2)7-3-5-8(10)6-4-7;/h10H,1,8-9H2,2-7H3;3-6,10H,1-2H3;/q-1;;. The predicted molar refractivity (Wildman–Crippen MR) is 106 cm³/mol. The maximum Gasteiger partial charge on any atom is 0.306 e. The van der Waals surface area contributed by atoms with Gasteiger partial charge in [0.25, 0.3) is 0 Å². The van der Waals surface area contributed by atoms with Crippen LogP contribution < -0.4 is 4.90 Å². The Hall–Kier alpha value is -1.02. The Morgan fingerprint density at radius 1 is 1.12 bits per heavy atom. The Balaban J connectivity index is 0. The van der Waals surface area contributed by atoms with E-state index >= 15 is 0 Å². The summed E-state index contributed by atoms with van der Waals surface area (Å²) in [6.07, 6.45) is 0.843. The number of phenolic OH excluding ortho intramolecular Hbond substituents is 1. The smallest absolute Gasteiger partial charge is 0.306 e. The van der Waals surface area contributed by atoms with Gasteiger partial charge in [-0.2, -0.15) is 0 Å². The number of ether oxygens (including phenoxy) is 1. The number of hydrogen-bond donors (Lipinski definition) is 1. The van der Waals surface area contributed by atoms with Crippen molar-refractivity contribution in [2.75, 3.05) is 25.6 Å². The van der Waals surface area contributed by atoms with Crippen LogP contribution in [0.3, 0.4) is 0 Å². The molecular formula is C21H36NO3W-. The Labute approximate surface area is 174 Å². The monoisotopic (exact) mass is 534 g/mol. The van der Waals surface area contributed by atoms with E-state index in [-0.39, 0.29) is 50.4 Å². The third kappa shape index (κ3) is 11.6. The van der Waals surface area contributed by atoms with E-state index in [1.807, 2.05) is 31.1 Å². The predicted octanol–water partition coefficient (Wildman–Crippen LogP) is 4.92. The van der Waals surface area contributed by atoms with E-state index in [1.54, 1.807) is 12.1 Å². The van der Waals surface area contributed by atoms with Gasteiger partial charge >= 0.3 is 5.97 Å². The molecule has 0 aliphatic heterocycles. The zero-order valence-corrected chi connectivity index (χ0v) is 20.6. The summed E-state index contributed by atoms with van der Waals surface area (Å²) in [7, 11) is 3.93. The first kappa shape index (κ1) is 27.2. The van der Waals surface area contributed by atoms with E-state index < -0.39 is 0 Å². The fourth-order valence-electron chi connectivity index (χ4n) is 2.31. The molecule has 0 amide bonds. The van der Waals surface area contributed by atoms with Crippen molar-refractivity contribution in [1.82, 2.24) is 0 Å². The summed E-state index contributed by atoms with van der Waals surface area (Å²) in [5.74, 6) is 0.136. The molecule has 0 aliphatic rings. The summed E-state index contributed by atoms with van der Waals surface area (Å²) in [6.45, 7) is 16.4. The molecule has 4 nitrogen and oxygen atoms in total. The van der Waals surface area contributed by atoms with Crippen molar-refractivity contribution in [2.24, 2.45) is 16.7 Å². The van der Waals surface area contributed by atoms with Crippen LogP contribution in [-0.2, 0) is 30.6 Å². The normalized spacial score (nSPS) is 12.2. The molecule has 1 N–H and O–H groups in total. The number of carbonyl (C=O) groups excluding carboxylic acids is 1. The molecule has 1 rings (SSSR count). The molecule has 1 aromatic rings. The van der Waals surface area contributed by atoms with E-state index in [2.05, 4.69) is 48.5 Å². The molecule has 0 aliphatic carbocycles. The van der Waals surface area contributed by atoms with Gasteiger partial charge in [-0.25, -0.2) is 0 Å². The molecule has 0 radical (unpaired) electrons. The fraction of sp³-hybridized carbons (Fsp3) is 0.619. The largest absolute Gasteiger partial charge is 0.508 e. The molecule has 0 fully saturated rings. The summed E-state index contributed by atoms with van der Waals surface area (Å²) < 4.78 is 5.03. The van der Waals surface area contributed by atoms with Gasteiger partial charge in [-0.3, -0.25) is 4.79 Å². The first-order chi connectivity index (χ1) is 11.3. The second-order valence-corrected chi connectivity index (χ2v) is 8.76. The number of benzene rings is 1. The summed E-state index contributed by atoms with van der Waals surface area (Å²) in [4.78, 5) is 13.8. The first-order valence-corrected chi connectivity index (χ1v) is 8.70. The Morgan fingerprint density at radius 2 is 1.58 bits per heavy atom. The number of rotatable bonds is 4. The van der Waals surface area contributed by atoms with Crippen molar-refractivity contribution < 1.29 is 35.7 Å². The van der Waals surface area contributed by atoms with Gasteiger partial charge in [0.05, 0.1) is 5.92 Å². The molecule has 150 valence electrons. The molecule has 1 aromatic carbocycles. The summed E-state index contributed by atoms with van der Waals surface area (Å²) in [5.41, 5.74) is 1.18. The first-order valence-electron chi connectivity index (χ1n) is 8.70. The third-order valence-electron chi connectivity index (χ3n) is 3.76. The average molecular weight is 534 g/mol. The van der Waals surface area contributed by atoms with Gasteiger partial charge in [-0.05, 0) is 48.1 Å². The van der Waals surface area contributed by atoms with Crippen molar-refractivity contribution in [2.45, 2.75) is 48.0 Å². The zero-order chi connectivity index (χ0) is 19.8. The Kier molecular flexibility index (Phi) is 12.2. The maximum atomic E-state index is 11.8. The van der Waals surface area contributed by atoms with Crippen molar-refractivity contribution >= 4 is 11.7 Å². The molecule has 0 aromatic heterocycles. The van der Waals surface area contributed by atoms with Crippen LogP contribution in [0, 0.1) is 23.7 Å². The fourth-order valence-corrected chi connectivity index (χ4v) is 2.31. The van der Waals surface area contributed by atoms with Crippen LogP contribution in [0.15, 0.2) is 24.3 Å². The quantitative estimate of drug-likeness (QED) is 0.441. The Bertz CT molecular complexity index is 514. The number of carbonyl (C=O) groups is 1. The van der Waals surface area contributed by atoms with Crippen molar-refractivity contribution in [3.63, 3.8) is 0 Å². The molecule has 0 heterocycles. The average Bonchev–Trinajstić information content (AvgIpc) is 2.44. The second-order valence-electron chi connectivity index (χ2n) is 8.76. The molecule has 26 heavy (non-hydrogen) atoms. The summed E-state index contributed by atoms with van der Waals surface area (Å²) in [6, 6.07) is 7.09. The minimum absolute atomic E-state index is 0. The molecule has 1 unspecified atom stereocenters. The van der Waals surface area contributed by atoms with Crippen molar-refractivity contribution in [3.8, 4) is 5.75 Å². The summed E-state index contributed by atoms with van der Waals surface area (Å²) >= 11 is 0. The van der Waals surface area contributed by atoms with Crippen LogP contribution in [0.5, 0.6) is 5.75 Å².